The Morgan fingerprint density at radius 3 is 2.58 bits per heavy atom. The van der Waals surface area contributed by atoms with Crippen LogP contribution in [0.1, 0.15) is 32.6 Å². The molecular weight excluding hydrogens is 264 g/mol. The summed E-state index contributed by atoms with van der Waals surface area (Å²) in [5.74, 6) is 0. The van der Waals surface area contributed by atoms with Gasteiger partial charge in [-0.1, -0.05) is 26.2 Å². The summed E-state index contributed by atoms with van der Waals surface area (Å²) in [5.41, 5.74) is 0.102. The van der Waals surface area contributed by atoms with Crippen molar-refractivity contribution in [1.82, 2.24) is 19.1 Å². The number of aromatic amines is 2. The van der Waals surface area contributed by atoms with Crippen molar-refractivity contribution in [1.29, 1.82) is 0 Å². The minimum Gasteiger partial charge on any atom is -0.316 e. The van der Waals surface area contributed by atoms with E-state index in [9.17, 15) is 9.59 Å². The van der Waals surface area contributed by atoms with Crippen molar-refractivity contribution in [3.05, 3.63) is 25.6 Å². The molecule has 0 aromatic carbocycles. The fourth-order valence-electron chi connectivity index (χ4n) is 2.18. The molecule has 0 atom stereocenters. The number of hydrogen-bond acceptors (Lipinski definition) is 3. The second-order valence-corrected chi connectivity index (χ2v) is 5.04. The smallest absolute Gasteiger partial charge is 0.316 e. The van der Waals surface area contributed by atoms with Gasteiger partial charge in [-0.05, 0) is 18.6 Å². The van der Waals surface area contributed by atoms with Gasteiger partial charge in [0.15, 0.2) is 10.3 Å². The van der Waals surface area contributed by atoms with E-state index in [2.05, 4.69) is 16.9 Å². The maximum absolute atomic E-state index is 11.9. The highest BCUT2D eigenvalue weighted by Crippen LogP contribution is 2.09. The number of H-pyrrole nitrogens is 2. The standard InChI is InChI=1S/C12H18N4O2S/c1-3-4-5-6-7-16-8-9(13-12(16)19)15(2)11(18)14-10(8)17/h3-7H2,1-2H3,(H,13,19)(H,14,17,18). The van der Waals surface area contributed by atoms with E-state index in [1.54, 1.807) is 11.6 Å². The van der Waals surface area contributed by atoms with Crippen LogP contribution in [-0.4, -0.2) is 19.1 Å². The van der Waals surface area contributed by atoms with Gasteiger partial charge in [0.1, 0.15) is 5.65 Å². The minimum atomic E-state index is -0.438. The second-order valence-electron chi connectivity index (χ2n) is 4.66. The van der Waals surface area contributed by atoms with Crippen molar-refractivity contribution in [3.8, 4) is 0 Å². The molecule has 2 rings (SSSR count). The van der Waals surface area contributed by atoms with E-state index in [4.69, 9.17) is 12.2 Å². The van der Waals surface area contributed by atoms with Gasteiger partial charge in [0, 0.05) is 13.6 Å². The Hall–Kier alpha value is -1.63. The van der Waals surface area contributed by atoms with E-state index in [0.29, 0.717) is 22.5 Å². The Bertz CT molecular complexity index is 750. The Morgan fingerprint density at radius 2 is 1.89 bits per heavy atom. The van der Waals surface area contributed by atoms with Crippen molar-refractivity contribution in [2.45, 2.75) is 39.2 Å². The van der Waals surface area contributed by atoms with E-state index in [1.165, 1.54) is 11.0 Å². The molecule has 0 aliphatic rings. The quantitative estimate of drug-likeness (QED) is 0.647. The lowest BCUT2D eigenvalue weighted by atomic mass is 10.2. The molecule has 19 heavy (non-hydrogen) atoms. The molecule has 0 spiro atoms. The van der Waals surface area contributed by atoms with Crippen molar-refractivity contribution in [2.75, 3.05) is 0 Å². The van der Waals surface area contributed by atoms with E-state index < -0.39 is 5.69 Å². The highest BCUT2D eigenvalue weighted by Gasteiger charge is 2.11. The number of aromatic nitrogens is 4. The number of fused-ring (bicyclic) bond motifs is 1. The van der Waals surface area contributed by atoms with Crippen molar-refractivity contribution < 1.29 is 0 Å². The molecule has 0 saturated carbocycles. The summed E-state index contributed by atoms with van der Waals surface area (Å²) in [4.78, 5) is 28.7. The van der Waals surface area contributed by atoms with Gasteiger partial charge < -0.3 is 9.55 Å². The van der Waals surface area contributed by atoms with E-state index in [1.807, 2.05) is 0 Å². The first-order valence-electron chi connectivity index (χ1n) is 6.48. The van der Waals surface area contributed by atoms with Gasteiger partial charge >= 0.3 is 5.69 Å². The molecule has 2 heterocycles. The molecule has 0 amide bonds. The fourth-order valence-corrected chi connectivity index (χ4v) is 2.46. The van der Waals surface area contributed by atoms with E-state index in [-0.39, 0.29) is 5.56 Å². The van der Waals surface area contributed by atoms with Gasteiger partial charge in [-0.2, -0.15) is 0 Å². The van der Waals surface area contributed by atoms with Crippen LogP contribution in [0.15, 0.2) is 9.59 Å². The number of hydrogen-bond donors (Lipinski definition) is 2. The first-order chi connectivity index (χ1) is 9.06. The molecule has 2 N–H and O–H groups in total. The number of rotatable bonds is 5. The highest BCUT2D eigenvalue weighted by molar-refractivity contribution is 7.71. The molecule has 0 aliphatic carbocycles. The van der Waals surface area contributed by atoms with Crippen LogP contribution >= 0.6 is 12.2 Å². The van der Waals surface area contributed by atoms with Gasteiger partial charge in [-0.15, -0.1) is 0 Å². The number of imidazole rings is 1. The third-order valence-electron chi connectivity index (χ3n) is 3.28. The van der Waals surface area contributed by atoms with E-state index >= 15 is 0 Å². The largest absolute Gasteiger partial charge is 0.329 e. The summed E-state index contributed by atoms with van der Waals surface area (Å²) in [6, 6.07) is 0. The van der Waals surface area contributed by atoms with Crippen LogP contribution in [-0.2, 0) is 13.6 Å². The lowest BCUT2D eigenvalue weighted by molar-refractivity contribution is 0.586. The monoisotopic (exact) mass is 282 g/mol. The van der Waals surface area contributed by atoms with Crippen LogP contribution in [0.3, 0.4) is 0 Å². The predicted octanol–water partition coefficient (Wildman–Crippen LogP) is 1.67. The van der Waals surface area contributed by atoms with Gasteiger partial charge in [-0.3, -0.25) is 14.3 Å². The Balaban J connectivity index is 2.48. The molecule has 0 saturated heterocycles. The van der Waals surface area contributed by atoms with Crippen LogP contribution in [0.25, 0.3) is 11.2 Å². The molecule has 7 heteroatoms. The van der Waals surface area contributed by atoms with Crippen LogP contribution < -0.4 is 11.2 Å². The molecule has 0 fully saturated rings. The summed E-state index contributed by atoms with van der Waals surface area (Å²) in [6.45, 7) is 2.85. The SMILES string of the molecule is CCCCCCn1c(=S)[nH]c2c1c(=O)[nH]c(=O)n2C. The summed E-state index contributed by atoms with van der Waals surface area (Å²) in [6.07, 6.45) is 4.41. The van der Waals surface area contributed by atoms with Crippen molar-refractivity contribution >= 4 is 23.4 Å². The normalized spacial score (nSPS) is 11.3. The van der Waals surface area contributed by atoms with Crippen molar-refractivity contribution in [2.24, 2.45) is 7.05 Å². The highest BCUT2D eigenvalue weighted by atomic mass is 32.1. The molecule has 2 aromatic heterocycles. The van der Waals surface area contributed by atoms with Gasteiger partial charge in [-0.25, -0.2) is 4.79 Å². The topological polar surface area (TPSA) is 75.6 Å². The average molecular weight is 282 g/mol. The number of aryl methyl sites for hydroxylation is 2. The zero-order valence-electron chi connectivity index (χ0n) is 11.2. The van der Waals surface area contributed by atoms with Crippen LogP contribution in [0, 0.1) is 4.77 Å². The summed E-state index contributed by atoms with van der Waals surface area (Å²) in [5, 5.41) is 0. The molecule has 0 bridgehead atoms. The zero-order valence-corrected chi connectivity index (χ0v) is 12.0. The van der Waals surface area contributed by atoms with Gasteiger partial charge in [0.2, 0.25) is 0 Å². The number of unbranched alkanes of at least 4 members (excludes halogenated alkanes) is 3. The lowest BCUT2D eigenvalue weighted by Gasteiger charge is -2.04. The van der Waals surface area contributed by atoms with Crippen LogP contribution in [0.5, 0.6) is 0 Å². The maximum atomic E-state index is 11.9. The fraction of sp³-hybridized carbons (Fsp3) is 0.583. The Kier molecular flexibility index (Phi) is 4.04. The predicted molar refractivity (Wildman–Crippen MR) is 77.1 cm³/mol. The molecule has 0 radical (unpaired) electrons. The average Bonchev–Trinajstić information content (AvgIpc) is 2.70. The molecule has 104 valence electrons. The van der Waals surface area contributed by atoms with E-state index in [0.717, 1.165) is 19.3 Å². The first kappa shape index (κ1) is 13.8. The number of nitrogens with zero attached hydrogens (tertiary/aromatic N) is 2. The molecule has 6 nitrogen and oxygen atoms in total. The lowest BCUT2D eigenvalue weighted by Crippen LogP contribution is -2.29. The first-order valence-corrected chi connectivity index (χ1v) is 6.89. The molecular formula is C12H18N4O2S. The number of nitrogens with one attached hydrogen (secondary N) is 2. The van der Waals surface area contributed by atoms with Crippen LogP contribution in [0.2, 0.25) is 0 Å². The van der Waals surface area contributed by atoms with Gasteiger partial charge in [0.25, 0.3) is 5.56 Å². The van der Waals surface area contributed by atoms with Crippen molar-refractivity contribution in [3.63, 3.8) is 0 Å². The molecule has 2 aromatic rings. The van der Waals surface area contributed by atoms with Crippen LogP contribution in [0.4, 0.5) is 0 Å². The third kappa shape index (κ3) is 2.56. The Morgan fingerprint density at radius 1 is 1.16 bits per heavy atom. The maximum Gasteiger partial charge on any atom is 0.329 e. The summed E-state index contributed by atoms with van der Waals surface area (Å²) >= 11 is 5.23. The summed E-state index contributed by atoms with van der Waals surface area (Å²) < 4.78 is 3.63. The van der Waals surface area contributed by atoms with Gasteiger partial charge in [0.05, 0.1) is 0 Å². The third-order valence-corrected chi connectivity index (χ3v) is 3.60. The Labute approximate surface area is 115 Å². The summed E-state index contributed by atoms with van der Waals surface area (Å²) in [7, 11) is 1.60. The second kappa shape index (κ2) is 5.56. The zero-order chi connectivity index (χ0) is 14.0. The molecule has 0 unspecified atom stereocenters. The minimum absolute atomic E-state index is 0.388. The molecule has 0 aliphatic heterocycles.